The predicted molar refractivity (Wildman–Crippen MR) is 77.4 cm³/mol. The molecule has 108 valence electrons. The minimum atomic E-state index is -0.352. The van der Waals surface area contributed by atoms with E-state index >= 15 is 0 Å². The van der Waals surface area contributed by atoms with Gasteiger partial charge in [-0.2, -0.15) is 0 Å². The van der Waals surface area contributed by atoms with Gasteiger partial charge in [-0.05, 0) is 23.8 Å². The lowest BCUT2D eigenvalue weighted by atomic mass is 10.1. The fraction of sp³-hybridized carbons (Fsp3) is 0.188. The number of carbonyl (C=O) groups excluding carboxylic acids is 1. The molecule has 0 aromatic heterocycles. The van der Waals surface area contributed by atoms with Crippen molar-refractivity contribution in [2.75, 3.05) is 11.5 Å². The van der Waals surface area contributed by atoms with Crippen molar-refractivity contribution in [1.82, 2.24) is 0 Å². The lowest BCUT2D eigenvalue weighted by Gasteiger charge is -2.29. The van der Waals surface area contributed by atoms with Crippen molar-refractivity contribution in [2.24, 2.45) is 5.73 Å². The summed E-state index contributed by atoms with van der Waals surface area (Å²) >= 11 is 0. The molecule has 0 saturated carbocycles. The van der Waals surface area contributed by atoms with Crippen molar-refractivity contribution in [3.63, 3.8) is 0 Å². The van der Waals surface area contributed by atoms with Crippen LogP contribution in [0.25, 0.3) is 0 Å². The van der Waals surface area contributed by atoms with Crippen molar-refractivity contribution >= 4 is 11.6 Å². The Morgan fingerprint density at radius 2 is 2.05 bits per heavy atom. The molecule has 0 spiro atoms. The highest BCUT2D eigenvalue weighted by Gasteiger charge is 2.25. The van der Waals surface area contributed by atoms with Crippen molar-refractivity contribution in [3.05, 3.63) is 59.4 Å². The van der Waals surface area contributed by atoms with Gasteiger partial charge < -0.3 is 15.4 Å². The maximum absolute atomic E-state index is 14.1. The molecule has 1 heterocycles. The summed E-state index contributed by atoms with van der Waals surface area (Å²) in [5.74, 6) is 0.0989. The second-order valence-corrected chi connectivity index (χ2v) is 4.87. The number of hydrogen-bond donors (Lipinski definition) is 1. The number of ether oxygens (including phenoxy) is 1. The summed E-state index contributed by atoms with van der Waals surface area (Å²) in [4.78, 5) is 13.6. The van der Waals surface area contributed by atoms with Gasteiger partial charge in [-0.15, -0.1) is 0 Å². The van der Waals surface area contributed by atoms with Crippen LogP contribution in [0.3, 0.4) is 0 Å². The van der Waals surface area contributed by atoms with E-state index in [1.54, 1.807) is 29.2 Å². The smallest absolute Gasteiger partial charge is 0.265 e. The first-order valence-corrected chi connectivity index (χ1v) is 6.68. The molecule has 0 aliphatic carbocycles. The molecule has 2 aromatic rings. The summed E-state index contributed by atoms with van der Waals surface area (Å²) in [7, 11) is 0. The molecule has 0 saturated heterocycles. The Balaban J connectivity index is 1.92. The number of carbonyl (C=O) groups is 1. The Labute approximate surface area is 121 Å². The topological polar surface area (TPSA) is 55.6 Å². The standard InChI is InChI=1S/C16H15FN2O2/c17-13-7-11(8-18)5-6-12(13)9-19-14-3-1-2-4-15(14)21-10-16(19)20/h1-7H,8-10,18H2. The van der Waals surface area contributed by atoms with Crippen LogP contribution in [0.5, 0.6) is 5.75 Å². The van der Waals surface area contributed by atoms with Crippen LogP contribution in [0.15, 0.2) is 42.5 Å². The molecule has 0 fully saturated rings. The average Bonchev–Trinajstić information content (AvgIpc) is 2.51. The SMILES string of the molecule is NCc1ccc(CN2C(=O)COc3ccccc32)c(F)c1. The summed E-state index contributed by atoms with van der Waals surface area (Å²) in [6.07, 6.45) is 0. The van der Waals surface area contributed by atoms with Gasteiger partial charge in [-0.1, -0.05) is 24.3 Å². The minimum Gasteiger partial charge on any atom is -0.482 e. The van der Waals surface area contributed by atoms with Gasteiger partial charge in [0.05, 0.1) is 12.2 Å². The number of hydrogen-bond acceptors (Lipinski definition) is 3. The molecule has 0 radical (unpaired) electrons. The van der Waals surface area contributed by atoms with Gasteiger partial charge >= 0.3 is 0 Å². The molecule has 21 heavy (non-hydrogen) atoms. The molecule has 1 aliphatic heterocycles. The van der Waals surface area contributed by atoms with E-state index < -0.39 is 0 Å². The van der Waals surface area contributed by atoms with E-state index in [4.69, 9.17) is 10.5 Å². The molecule has 5 heteroatoms. The molecule has 2 aromatic carbocycles. The molecular weight excluding hydrogens is 271 g/mol. The van der Waals surface area contributed by atoms with Gasteiger partial charge in [0, 0.05) is 12.1 Å². The van der Waals surface area contributed by atoms with Gasteiger partial charge in [0.2, 0.25) is 0 Å². The lowest BCUT2D eigenvalue weighted by Crippen LogP contribution is -2.38. The van der Waals surface area contributed by atoms with Gasteiger partial charge in [-0.3, -0.25) is 4.79 Å². The first kappa shape index (κ1) is 13.6. The highest BCUT2D eigenvalue weighted by atomic mass is 19.1. The Kier molecular flexibility index (Phi) is 3.58. The molecular formula is C16H15FN2O2. The van der Waals surface area contributed by atoms with Crippen molar-refractivity contribution < 1.29 is 13.9 Å². The molecule has 0 unspecified atom stereocenters. The van der Waals surface area contributed by atoms with Crippen LogP contribution in [0.4, 0.5) is 10.1 Å². The largest absolute Gasteiger partial charge is 0.482 e. The first-order chi connectivity index (χ1) is 10.2. The maximum atomic E-state index is 14.1. The number of rotatable bonds is 3. The van der Waals surface area contributed by atoms with E-state index in [1.807, 2.05) is 12.1 Å². The first-order valence-electron chi connectivity index (χ1n) is 6.68. The fourth-order valence-corrected chi connectivity index (χ4v) is 2.34. The summed E-state index contributed by atoms with van der Waals surface area (Å²) in [6, 6.07) is 12.1. The zero-order valence-corrected chi connectivity index (χ0v) is 11.4. The molecule has 0 bridgehead atoms. The summed E-state index contributed by atoms with van der Waals surface area (Å²) in [6.45, 7) is 0.436. The second kappa shape index (κ2) is 5.54. The third-order valence-corrected chi connectivity index (χ3v) is 3.49. The van der Waals surface area contributed by atoms with Crippen molar-refractivity contribution in [2.45, 2.75) is 13.1 Å². The summed E-state index contributed by atoms with van der Waals surface area (Å²) in [5, 5.41) is 0. The number of benzene rings is 2. The van der Waals surface area contributed by atoms with Crippen LogP contribution in [0.1, 0.15) is 11.1 Å². The summed E-state index contributed by atoms with van der Waals surface area (Å²) in [5.41, 5.74) is 7.34. The third-order valence-electron chi connectivity index (χ3n) is 3.49. The summed E-state index contributed by atoms with van der Waals surface area (Å²) < 4.78 is 19.4. The quantitative estimate of drug-likeness (QED) is 0.941. The van der Waals surface area contributed by atoms with E-state index in [2.05, 4.69) is 0 Å². The molecule has 2 N–H and O–H groups in total. The third kappa shape index (κ3) is 2.60. The number of fused-ring (bicyclic) bond motifs is 1. The van der Waals surface area contributed by atoms with E-state index in [-0.39, 0.29) is 31.4 Å². The Hall–Kier alpha value is -2.40. The second-order valence-electron chi connectivity index (χ2n) is 4.87. The lowest BCUT2D eigenvalue weighted by molar-refractivity contribution is -0.121. The van der Waals surface area contributed by atoms with E-state index in [0.717, 1.165) is 5.56 Å². The van der Waals surface area contributed by atoms with E-state index in [0.29, 0.717) is 17.0 Å². The van der Waals surface area contributed by atoms with Gasteiger partial charge in [-0.25, -0.2) is 4.39 Å². The number of halogens is 1. The average molecular weight is 286 g/mol. The van der Waals surface area contributed by atoms with Crippen LogP contribution in [-0.2, 0) is 17.9 Å². The van der Waals surface area contributed by atoms with Crippen LogP contribution >= 0.6 is 0 Å². The fourth-order valence-electron chi connectivity index (χ4n) is 2.34. The van der Waals surface area contributed by atoms with E-state index in [9.17, 15) is 9.18 Å². The van der Waals surface area contributed by atoms with Crippen molar-refractivity contribution in [3.8, 4) is 5.75 Å². The van der Waals surface area contributed by atoms with Crippen LogP contribution in [0, 0.1) is 5.82 Å². The number of para-hydroxylation sites is 2. The van der Waals surface area contributed by atoms with Crippen LogP contribution in [0.2, 0.25) is 0 Å². The number of nitrogens with two attached hydrogens (primary N) is 1. The molecule has 1 amide bonds. The normalized spacial score (nSPS) is 13.8. The number of amides is 1. The van der Waals surface area contributed by atoms with Crippen LogP contribution in [-0.4, -0.2) is 12.5 Å². The predicted octanol–water partition coefficient (Wildman–Crippen LogP) is 2.21. The van der Waals surface area contributed by atoms with Crippen molar-refractivity contribution in [1.29, 1.82) is 0 Å². The Morgan fingerprint density at radius 1 is 1.24 bits per heavy atom. The highest BCUT2D eigenvalue weighted by Crippen LogP contribution is 2.32. The number of anilines is 1. The zero-order chi connectivity index (χ0) is 14.8. The Morgan fingerprint density at radius 3 is 2.81 bits per heavy atom. The zero-order valence-electron chi connectivity index (χ0n) is 11.4. The van der Waals surface area contributed by atoms with Gasteiger partial charge in [0.1, 0.15) is 11.6 Å². The maximum Gasteiger partial charge on any atom is 0.265 e. The van der Waals surface area contributed by atoms with Gasteiger partial charge in [0.15, 0.2) is 6.61 Å². The minimum absolute atomic E-state index is 0.0283. The van der Waals surface area contributed by atoms with E-state index in [1.165, 1.54) is 6.07 Å². The van der Waals surface area contributed by atoms with Gasteiger partial charge in [0.25, 0.3) is 5.91 Å². The molecule has 0 atom stereocenters. The Bertz CT molecular complexity index is 688. The molecule has 3 rings (SSSR count). The number of nitrogens with zero attached hydrogens (tertiary/aromatic N) is 1. The highest BCUT2D eigenvalue weighted by molar-refractivity contribution is 5.97. The molecule has 4 nitrogen and oxygen atoms in total. The van der Waals surface area contributed by atoms with Crippen LogP contribution < -0.4 is 15.4 Å². The monoisotopic (exact) mass is 286 g/mol. The molecule has 1 aliphatic rings.